The SMILES string of the molecule is COCOC(=O)C1CC(OCOC)CC(C(=O)OCOC)C1. The number of carbonyl (C=O) groups excluding carboxylic acids is 2. The first-order valence-corrected chi connectivity index (χ1v) is 7.04. The van der Waals surface area contributed by atoms with Crippen LogP contribution in [0.4, 0.5) is 0 Å². The average molecular weight is 320 g/mol. The van der Waals surface area contributed by atoms with E-state index in [2.05, 4.69) is 0 Å². The van der Waals surface area contributed by atoms with Crippen molar-refractivity contribution in [2.45, 2.75) is 25.4 Å². The molecular formula is C14H24O8. The van der Waals surface area contributed by atoms with Crippen molar-refractivity contribution in [2.75, 3.05) is 41.7 Å². The Bertz CT molecular complexity index is 318. The summed E-state index contributed by atoms with van der Waals surface area (Å²) in [5.74, 6) is -1.69. The van der Waals surface area contributed by atoms with Crippen molar-refractivity contribution in [3.05, 3.63) is 0 Å². The zero-order valence-corrected chi connectivity index (χ0v) is 13.2. The van der Waals surface area contributed by atoms with E-state index in [1.807, 2.05) is 0 Å². The summed E-state index contributed by atoms with van der Waals surface area (Å²) in [6, 6.07) is 0. The molecule has 2 atom stereocenters. The van der Waals surface area contributed by atoms with Gasteiger partial charge in [-0.3, -0.25) is 9.59 Å². The highest BCUT2D eigenvalue weighted by atomic mass is 16.7. The number of rotatable bonds is 9. The van der Waals surface area contributed by atoms with E-state index in [-0.39, 0.29) is 26.5 Å². The Morgan fingerprint density at radius 1 is 0.773 bits per heavy atom. The molecule has 1 fully saturated rings. The van der Waals surface area contributed by atoms with Crippen LogP contribution in [-0.4, -0.2) is 59.8 Å². The summed E-state index contributed by atoms with van der Waals surface area (Å²) in [6.45, 7) is -0.125. The van der Waals surface area contributed by atoms with E-state index >= 15 is 0 Å². The molecule has 1 saturated carbocycles. The van der Waals surface area contributed by atoms with Crippen LogP contribution in [0.2, 0.25) is 0 Å². The summed E-state index contributed by atoms with van der Waals surface area (Å²) in [5.41, 5.74) is 0. The maximum Gasteiger partial charge on any atom is 0.311 e. The largest absolute Gasteiger partial charge is 0.438 e. The lowest BCUT2D eigenvalue weighted by Gasteiger charge is -2.32. The number of hydrogen-bond donors (Lipinski definition) is 0. The lowest BCUT2D eigenvalue weighted by atomic mass is 9.79. The second-order valence-electron chi connectivity index (χ2n) is 5.04. The molecule has 0 aromatic carbocycles. The third-order valence-corrected chi connectivity index (χ3v) is 3.39. The van der Waals surface area contributed by atoms with Crippen molar-refractivity contribution >= 4 is 11.9 Å². The molecule has 0 radical (unpaired) electrons. The molecule has 1 aliphatic carbocycles. The van der Waals surface area contributed by atoms with Gasteiger partial charge < -0.3 is 28.4 Å². The summed E-state index contributed by atoms with van der Waals surface area (Å²) >= 11 is 0. The highest BCUT2D eigenvalue weighted by Gasteiger charge is 2.38. The Kier molecular flexibility index (Phi) is 8.98. The minimum absolute atomic E-state index is 0.102. The summed E-state index contributed by atoms with van der Waals surface area (Å²) in [7, 11) is 4.38. The van der Waals surface area contributed by atoms with Crippen LogP contribution in [0.1, 0.15) is 19.3 Å². The molecule has 0 bridgehead atoms. The molecule has 0 saturated heterocycles. The Labute approximate surface area is 129 Å². The van der Waals surface area contributed by atoms with E-state index in [0.29, 0.717) is 19.3 Å². The van der Waals surface area contributed by atoms with Crippen molar-refractivity contribution < 1.29 is 38.0 Å². The van der Waals surface area contributed by atoms with Crippen LogP contribution in [0.15, 0.2) is 0 Å². The van der Waals surface area contributed by atoms with Crippen molar-refractivity contribution in [3.8, 4) is 0 Å². The number of ether oxygens (including phenoxy) is 6. The van der Waals surface area contributed by atoms with Crippen LogP contribution in [0.5, 0.6) is 0 Å². The third kappa shape index (κ3) is 6.27. The van der Waals surface area contributed by atoms with E-state index in [9.17, 15) is 9.59 Å². The highest BCUT2D eigenvalue weighted by molar-refractivity contribution is 5.76. The van der Waals surface area contributed by atoms with Gasteiger partial charge in [-0.05, 0) is 19.3 Å². The first-order valence-electron chi connectivity index (χ1n) is 7.04. The summed E-state index contributed by atoms with van der Waals surface area (Å²) < 4.78 is 29.7. The fourth-order valence-electron chi connectivity index (χ4n) is 2.42. The second kappa shape index (κ2) is 10.5. The summed E-state index contributed by atoms with van der Waals surface area (Å²) in [5, 5.41) is 0. The molecule has 8 nitrogen and oxygen atoms in total. The van der Waals surface area contributed by atoms with Crippen molar-refractivity contribution in [2.24, 2.45) is 11.8 Å². The van der Waals surface area contributed by atoms with E-state index < -0.39 is 23.8 Å². The zero-order chi connectivity index (χ0) is 16.4. The molecule has 0 spiro atoms. The average Bonchev–Trinajstić information content (AvgIpc) is 2.55. The van der Waals surface area contributed by atoms with Crippen molar-refractivity contribution in [3.63, 3.8) is 0 Å². The maximum absolute atomic E-state index is 12.0. The maximum atomic E-state index is 12.0. The van der Waals surface area contributed by atoms with Gasteiger partial charge in [0, 0.05) is 21.3 Å². The second-order valence-corrected chi connectivity index (χ2v) is 5.04. The molecule has 22 heavy (non-hydrogen) atoms. The molecule has 0 heterocycles. The lowest BCUT2D eigenvalue weighted by molar-refractivity contribution is -0.172. The first kappa shape index (κ1) is 18.8. The molecule has 0 aliphatic heterocycles. The smallest absolute Gasteiger partial charge is 0.311 e. The van der Waals surface area contributed by atoms with E-state index in [4.69, 9.17) is 28.4 Å². The van der Waals surface area contributed by atoms with Crippen molar-refractivity contribution in [1.82, 2.24) is 0 Å². The van der Waals surface area contributed by atoms with Crippen LogP contribution in [-0.2, 0) is 38.0 Å². The number of carbonyl (C=O) groups is 2. The monoisotopic (exact) mass is 320 g/mol. The van der Waals surface area contributed by atoms with Gasteiger partial charge in [0.25, 0.3) is 0 Å². The number of methoxy groups -OCH3 is 3. The molecule has 0 amide bonds. The van der Waals surface area contributed by atoms with E-state index in [0.717, 1.165) is 0 Å². The first-order chi connectivity index (χ1) is 10.6. The quantitative estimate of drug-likeness (QED) is 0.453. The van der Waals surface area contributed by atoms with Crippen LogP contribution in [0.25, 0.3) is 0 Å². The van der Waals surface area contributed by atoms with Gasteiger partial charge >= 0.3 is 11.9 Å². The third-order valence-electron chi connectivity index (χ3n) is 3.39. The zero-order valence-electron chi connectivity index (χ0n) is 13.2. The minimum atomic E-state index is -0.439. The van der Waals surface area contributed by atoms with Crippen LogP contribution < -0.4 is 0 Å². The molecule has 2 unspecified atom stereocenters. The minimum Gasteiger partial charge on any atom is -0.438 e. The molecule has 1 rings (SSSR count). The molecule has 0 N–H and O–H groups in total. The van der Waals surface area contributed by atoms with Gasteiger partial charge in [-0.2, -0.15) is 0 Å². The Hall–Kier alpha value is -1.22. The van der Waals surface area contributed by atoms with Gasteiger partial charge in [-0.1, -0.05) is 0 Å². The standard InChI is InChI=1S/C14H24O8/c1-17-7-20-12-5-10(13(15)21-8-18-2)4-11(6-12)14(16)22-9-19-3/h10-12H,4-9H2,1-3H3. The molecule has 1 aliphatic rings. The molecular weight excluding hydrogens is 296 g/mol. The molecule has 0 aromatic rings. The Balaban J connectivity index is 2.63. The molecule has 128 valence electrons. The summed E-state index contributed by atoms with van der Waals surface area (Å²) in [4.78, 5) is 24.0. The highest BCUT2D eigenvalue weighted by Crippen LogP contribution is 2.32. The van der Waals surface area contributed by atoms with Gasteiger partial charge in [-0.15, -0.1) is 0 Å². The number of hydrogen-bond acceptors (Lipinski definition) is 8. The normalized spacial score (nSPS) is 24.8. The van der Waals surface area contributed by atoms with E-state index in [1.165, 1.54) is 21.3 Å². The fraction of sp³-hybridized carbons (Fsp3) is 0.857. The van der Waals surface area contributed by atoms with Gasteiger partial charge in [0.1, 0.15) is 6.79 Å². The Morgan fingerprint density at radius 3 is 1.64 bits per heavy atom. The fourth-order valence-corrected chi connectivity index (χ4v) is 2.42. The van der Waals surface area contributed by atoms with Gasteiger partial charge in [0.15, 0.2) is 13.6 Å². The van der Waals surface area contributed by atoms with Crippen LogP contribution in [0.3, 0.4) is 0 Å². The van der Waals surface area contributed by atoms with Crippen molar-refractivity contribution in [1.29, 1.82) is 0 Å². The predicted molar refractivity (Wildman–Crippen MR) is 73.5 cm³/mol. The molecule has 8 heteroatoms. The summed E-state index contributed by atoms with van der Waals surface area (Å²) in [6.07, 6.45) is 1.03. The van der Waals surface area contributed by atoms with Crippen LogP contribution in [0, 0.1) is 11.8 Å². The van der Waals surface area contributed by atoms with Crippen LogP contribution >= 0.6 is 0 Å². The van der Waals surface area contributed by atoms with E-state index in [1.54, 1.807) is 0 Å². The molecule has 0 aromatic heterocycles. The van der Waals surface area contributed by atoms with Gasteiger partial charge in [0.05, 0.1) is 17.9 Å². The topological polar surface area (TPSA) is 89.5 Å². The Morgan fingerprint density at radius 2 is 1.23 bits per heavy atom. The number of esters is 2. The predicted octanol–water partition coefficient (Wildman–Crippen LogP) is 0.686. The lowest BCUT2D eigenvalue weighted by Crippen LogP contribution is -2.37. The van der Waals surface area contributed by atoms with Gasteiger partial charge in [-0.25, -0.2) is 0 Å². The van der Waals surface area contributed by atoms with Gasteiger partial charge in [0.2, 0.25) is 0 Å².